The van der Waals surface area contributed by atoms with Crippen molar-refractivity contribution in [3.05, 3.63) is 35.9 Å². The zero-order valence-corrected chi connectivity index (χ0v) is 9.36. The zero-order chi connectivity index (χ0) is 12.2. The number of rotatable bonds is 4. The van der Waals surface area contributed by atoms with E-state index < -0.39 is 17.3 Å². The third-order valence-electron chi connectivity index (χ3n) is 2.30. The fraction of sp³-hybridized carbons (Fsp3) is 0.333. The van der Waals surface area contributed by atoms with Crippen LogP contribution in [-0.4, -0.2) is 23.4 Å². The summed E-state index contributed by atoms with van der Waals surface area (Å²) in [4.78, 5) is 11.4. The molecule has 0 aliphatic rings. The number of esters is 1. The molecule has 0 fully saturated rings. The Labute approximate surface area is 94.4 Å². The van der Waals surface area contributed by atoms with Crippen molar-refractivity contribution >= 4 is 11.7 Å². The highest BCUT2D eigenvalue weighted by Gasteiger charge is 2.34. The SMILES string of the molecule is CCOC(=O)C(=N)C(C)(O)c1ccccc1. The third kappa shape index (κ3) is 2.46. The number of nitrogens with one attached hydrogen (secondary N) is 1. The highest BCUT2D eigenvalue weighted by Crippen LogP contribution is 2.21. The molecule has 1 aromatic carbocycles. The van der Waals surface area contributed by atoms with Gasteiger partial charge in [-0.25, -0.2) is 4.79 Å². The molecular weight excluding hydrogens is 206 g/mol. The molecule has 4 heteroatoms. The molecule has 0 saturated carbocycles. The van der Waals surface area contributed by atoms with Gasteiger partial charge >= 0.3 is 5.97 Å². The summed E-state index contributed by atoms with van der Waals surface area (Å²) < 4.78 is 4.69. The van der Waals surface area contributed by atoms with Gasteiger partial charge in [-0.3, -0.25) is 5.41 Å². The summed E-state index contributed by atoms with van der Waals surface area (Å²) in [7, 11) is 0. The summed E-state index contributed by atoms with van der Waals surface area (Å²) in [5.41, 5.74) is -1.58. The first kappa shape index (κ1) is 12.4. The van der Waals surface area contributed by atoms with E-state index in [1.807, 2.05) is 0 Å². The van der Waals surface area contributed by atoms with Gasteiger partial charge in [0.1, 0.15) is 5.60 Å². The van der Waals surface area contributed by atoms with Crippen molar-refractivity contribution < 1.29 is 14.6 Å². The van der Waals surface area contributed by atoms with Crippen LogP contribution >= 0.6 is 0 Å². The Morgan fingerprint density at radius 3 is 2.50 bits per heavy atom. The minimum atomic E-state index is -1.62. The van der Waals surface area contributed by atoms with Crippen LogP contribution in [0.1, 0.15) is 19.4 Å². The lowest BCUT2D eigenvalue weighted by Crippen LogP contribution is -2.38. The number of hydrogen-bond donors (Lipinski definition) is 2. The molecule has 86 valence electrons. The van der Waals surface area contributed by atoms with Gasteiger partial charge in [-0.1, -0.05) is 30.3 Å². The molecular formula is C12H15NO3. The van der Waals surface area contributed by atoms with Gasteiger partial charge in [0, 0.05) is 0 Å². The van der Waals surface area contributed by atoms with Crippen LogP contribution in [0.5, 0.6) is 0 Å². The van der Waals surface area contributed by atoms with Gasteiger partial charge in [0.15, 0.2) is 5.71 Å². The average Bonchev–Trinajstić information content (AvgIpc) is 2.29. The molecule has 1 atom stereocenters. The maximum Gasteiger partial charge on any atom is 0.355 e. The maximum atomic E-state index is 11.4. The molecule has 2 N–H and O–H groups in total. The molecule has 0 saturated heterocycles. The van der Waals surface area contributed by atoms with Crippen molar-refractivity contribution in [1.82, 2.24) is 0 Å². The summed E-state index contributed by atoms with van der Waals surface area (Å²) in [6.07, 6.45) is 0. The van der Waals surface area contributed by atoms with E-state index in [1.54, 1.807) is 37.3 Å². The number of benzene rings is 1. The first-order valence-corrected chi connectivity index (χ1v) is 5.04. The lowest BCUT2D eigenvalue weighted by molar-refractivity contribution is -0.136. The van der Waals surface area contributed by atoms with E-state index in [0.29, 0.717) is 5.56 Å². The number of hydrogen-bond acceptors (Lipinski definition) is 4. The first-order chi connectivity index (χ1) is 7.50. The molecule has 1 unspecified atom stereocenters. The van der Waals surface area contributed by atoms with E-state index in [4.69, 9.17) is 5.41 Å². The van der Waals surface area contributed by atoms with Gasteiger partial charge in [-0.15, -0.1) is 0 Å². The van der Waals surface area contributed by atoms with E-state index in [0.717, 1.165) is 0 Å². The number of aliphatic hydroxyl groups is 1. The molecule has 16 heavy (non-hydrogen) atoms. The predicted octanol–water partition coefficient (Wildman–Crippen LogP) is 1.48. The van der Waals surface area contributed by atoms with Gasteiger partial charge in [0.05, 0.1) is 6.61 Å². The number of carbonyl (C=O) groups excluding carboxylic acids is 1. The van der Waals surface area contributed by atoms with Crippen LogP contribution in [0.25, 0.3) is 0 Å². The van der Waals surface area contributed by atoms with Crippen LogP contribution in [0.3, 0.4) is 0 Å². The Bertz CT molecular complexity index is 385. The first-order valence-electron chi connectivity index (χ1n) is 5.04. The second-order valence-electron chi connectivity index (χ2n) is 3.53. The van der Waals surface area contributed by atoms with Gasteiger partial charge < -0.3 is 9.84 Å². The maximum absolute atomic E-state index is 11.4. The predicted molar refractivity (Wildman–Crippen MR) is 60.4 cm³/mol. The van der Waals surface area contributed by atoms with Crippen LogP contribution in [0.15, 0.2) is 30.3 Å². The van der Waals surface area contributed by atoms with Gasteiger partial charge in [0.2, 0.25) is 0 Å². The molecule has 0 aliphatic carbocycles. The summed E-state index contributed by atoms with van der Waals surface area (Å²) in [5, 5.41) is 17.7. The molecule has 0 bridgehead atoms. The van der Waals surface area contributed by atoms with E-state index >= 15 is 0 Å². The molecule has 0 spiro atoms. The van der Waals surface area contributed by atoms with Crippen LogP contribution in [0.2, 0.25) is 0 Å². The molecule has 1 aromatic rings. The monoisotopic (exact) mass is 221 g/mol. The van der Waals surface area contributed by atoms with E-state index in [9.17, 15) is 9.90 Å². The lowest BCUT2D eigenvalue weighted by Gasteiger charge is -2.23. The van der Waals surface area contributed by atoms with Gasteiger partial charge in [-0.05, 0) is 19.4 Å². The van der Waals surface area contributed by atoms with E-state index in [1.165, 1.54) is 6.92 Å². The second-order valence-corrected chi connectivity index (χ2v) is 3.53. The van der Waals surface area contributed by atoms with Gasteiger partial charge in [0.25, 0.3) is 0 Å². The van der Waals surface area contributed by atoms with Crippen molar-refractivity contribution in [2.75, 3.05) is 6.61 Å². The van der Waals surface area contributed by atoms with Crippen LogP contribution < -0.4 is 0 Å². The van der Waals surface area contributed by atoms with Gasteiger partial charge in [-0.2, -0.15) is 0 Å². The Kier molecular flexibility index (Phi) is 3.79. The number of carbonyl (C=O) groups is 1. The molecule has 0 aliphatic heterocycles. The Balaban J connectivity index is 2.94. The zero-order valence-electron chi connectivity index (χ0n) is 9.36. The fourth-order valence-corrected chi connectivity index (χ4v) is 1.31. The largest absolute Gasteiger partial charge is 0.461 e. The minimum absolute atomic E-state index is 0.187. The average molecular weight is 221 g/mol. The Hall–Kier alpha value is -1.68. The highest BCUT2D eigenvalue weighted by molar-refractivity contribution is 6.38. The molecule has 1 rings (SSSR count). The molecule has 0 aromatic heterocycles. The highest BCUT2D eigenvalue weighted by atomic mass is 16.5. The summed E-state index contributed by atoms with van der Waals surface area (Å²) >= 11 is 0. The standard InChI is InChI=1S/C12H15NO3/c1-3-16-11(14)10(13)12(2,15)9-7-5-4-6-8-9/h4-8,13,15H,3H2,1-2H3. The topological polar surface area (TPSA) is 70.4 Å². The normalized spacial score (nSPS) is 13.9. The van der Waals surface area contributed by atoms with Crippen molar-refractivity contribution in [2.24, 2.45) is 0 Å². The molecule has 4 nitrogen and oxygen atoms in total. The van der Waals surface area contributed by atoms with Crippen molar-refractivity contribution in [3.8, 4) is 0 Å². The van der Waals surface area contributed by atoms with Crippen LogP contribution in [0, 0.1) is 5.41 Å². The van der Waals surface area contributed by atoms with E-state index in [2.05, 4.69) is 4.74 Å². The fourth-order valence-electron chi connectivity index (χ4n) is 1.31. The number of ether oxygens (including phenoxy) is 1. The van der Waals surface area contributed by atoms with E-state index in [-0.39, 0.29) is 6.61 Å². The summed E-state index contributed by atoms with van der Waals surface area (Å²) in [6.45, 7) is 3.25. The molecule has 0 amide bonds. The quantitative estimate of drug-likeness (QED) is 0.597. The molecule has 0 heterocycles. The minimum Gasteiger partial charge on any atom is -0.461 e. The van der Waals surface area contributed by atoms with Crippen molar-refractivity contribution in [1.29, 1.82) is 5.41 Å². The Morgan fingerprint density at radius 2 is 2.00 bits per heavy atom. The smallest absolute Gasteiger partial charge is 0.355 e. The second kappa shape index (κ2) is 4.90. The third-order valence-corrected chi connectivity index (χ3v) is 2.30. The van der Waals surface area contributed by atoms with Crippen molar-refractivity contribution in [2.45, 2.75) is 19.4 Å². The Morgan fingerprint density at radius 1 is 1.44 bits per heavy atom. The molecule has 0 radical (unpaired) electrons. The lowest BCUT2D eigenvalue weighted by atomic mass is 9.91. The summed E-state index contributed by atoms with van der Waals surface area (Å²) in [6, 6.07) is 8.60. The van der Waals surface area contributed by atoms with Crippen LogP contribution in [-0.2, 0) is 15.1 Å². The van der Waals surface area contributed by atoms with Crippen molar-refractivity contribution in [3.63, 3.8) is 0 Å². The summed E-state index contributed by atoms with van der Waals surface area (Å²) in [5.74, 6) is -0.795. The van der Waals surface area contributed by atoms with Crippen LogP contribution in [0.4, 0.5) is 0 Å².